The summed E-state index contributed by atoms with van der Waals surface area (Å²) in [5, 5.41) is 9.72. The molecule has 3 N–H and O–H groups in total. The highest BCUT2D eigenvalue weighted by Gasteiger charge is 2.31. The molecule has 0 spiro atoms. The van der Waals surface area contributed by atoms with Gasteiger partial charge in [-0.3, -0.25) is 9.59 Å². The van der Waals surface area contributed by atoms with Gasteiger partial charge in [-0.25, -0.2) is 0 Å². The average Bonchev–Trinajstić information content (AvgIpc) is 2.87. The molecular formula is C29H36N4O5S. The highest BCUT2D eigenvalue weighted by atomic mass is 32.1. The molecule has 3 atom stereocenters. The summed E-state index contributed by atoms with van der Waals surface area (Å²) in [5.74, 6) is 0.521. The first-order valence-corrected chi connectivity index (χ1v) is 13.4. The average molecular weight is 553 g/mol. The van der Waals surface area contributed by atoms with Crippen molar-refractivity contribution in [3.05, 3.63) is 64.4 Å². The molecule has 2 aromatic rings. The topological polar surface area (TPSA) is 101 Å². The first kappa shape index (κ1) is 28.4. The summed E-state index contributed by atoms with van der Waals surface area (Å²) in [4.78, 5) is 28.0. The van der Waals surface area contributed by atoms with Gasteiger partial charge in [-0.05, 0) is 76.2 Å². The molecule has 0 radical (unpaired) electrons. The van der Waals surface area contributed by atoms with Gasteiger partial charge < -0.3 is 35.1 Å². The van der Waals surface area contributed by atoms with Crippen LogP contribution in [0, 0.1) is 13.8 Å². The molecular weight excluding hydrogens is 516 g/mol. The normalized spacial score (nSPS) is 21.1. The number of hydrogen-bond acceptors (Lipinski definition) is 6. The van der Waals surface area contributed by atoms with Crippen LogP contribution in [0.15, 0.2) is 47.7 Å². The minimum Gasteiger partial charge on any atom is -0.493 e. The number of ether oxygens (including phenoxy) is 3. The molecule has 2 aliphatic heterocycles. The Morgan fingerprint density at radius 2 is 1.79 bits per heavy atom. The van der Waals surface area contributed by atoms with Crippen LogP contribution in [0.2, 0.25) is 0 Å². The highest BCUT2D eigenvalue weighted by molar-refractivity contribution is 7.80. The van der Waals surface area contributed by atoms with E-state index in [0.717, 1.165) is 22.4 Å². The predicted octanol–water partition coefficient (Wildman–Crippen LogP) is 3.76. The molecule has 0 unspecified atom stereocenters. The van der Waals surface area contributed by atoms with Gasteiger partial charge >= 0.3 is 0 Å². The summed E-state index contributed by atoms with van der Waals surface area (Å²) in [5.41, 5.74) is 4.76. The molecule has 2 aliphatic rings. The Bertz CT molecular complexity index is 1300. The number of rotatable bonds is 7. The van der Waals surface area contributed by atoms with Crippen LogP contribution in [0.5, 0.6) is 11.5 Å². The standard InChI is InChI=1S/C29H36N4O5S/c1-16-7-9-22(17(2)11-16)31-28(35)26-20(5)30-29(39)32-27(26)21-8-10-23(24(12-21)36-6)37-15-25(34)33-13-18(3)38-19(4)14-33/h7-12,18-19,27H,13-15H2,1-6H3,(H,31,35)(H2,30,32,39)/t18-,19-,27+/m0/s1. The molecule has 2 heterocycles. The number of nitrogens with zero attached hydrogens (tertiary/aromatic N) is 1. The molecule has 2 amide bonds. The van der Waals surface area contributed by atoms with Gasteiger partial charge in [0.05, 0.1) is 30.9 Å². The first-order valence-electron chi connectivity index (χ1n) is 13.0. The lowest BCUT2D eigenvalue weighted by molar-refractivity contribution is -0.145. The molecule has 39 heavy (non-hydrogen) atoms. The molecule has 9 nitrogen and oxygen atoms in total. The van der Waals surface area contributed by atoms with E-state index in [-0.39, 0.29) is 30.6 Å². The number of nitrogens with one attached hydrogen (secondary N) is 3. The summed E-state index contributed by atoms with van der Waals surface area (Å²) in [6, 6.07) is 10.7. The number of morpholine rings is 1. The van der Waals surface area contributed by atoms with E-state index in [9.17, 15) is 9.59 Å². The summed E-state index contributed by atoms with van der Waals surface area (Å²) >= 11 is 5.40. The van der Waals surface area contributed by atoms with E-state index in [2.05, 4.69) is 16.0 Å². The SMILES string of the molecule is COc1cc([C@H]2NC(=S)NC(C)=C2C(=O)Nc2ccc(C)cc2C)ccc1OCC(=O)N1C[C@H](C)O[C@@H](C)C1. The molecule has 4 rings (SSSR count). The maximum absolute atomic E-state index is 13.5. The number of thiocarbonyl (C=S) groups is 1. The fourth-order valence-electron chi connectivity index (χ4n) is 4.98. The number of anilines is 1. The quantitative estimate of drug-likeness (QED) is 0.447. The summed E-state index contributed by atoms with van der Waals surface area (Å²) < 4.78 is 17.2. The Balaban J connectivity index is 1.53. The largest absolute Gasteiger partial charge is 0.493 e. The van der Waals surface area contributed by atoms with Crippen molar-refractivity contribution in [2.24, 2.45) is 0 Å². The second-order valence-electron chi connectivity index (χ2n) is 10.1. The van der Waals surface area contributed by atoms with Gasteiger partial charge in [0.15, 0.2) is 23.2 Å². The zero-order valence-corrected chi connectivity index (χ0v) is 24.0. The zero-order chi connectivity index (χ0) is 28.3. The molecule has 10 heteroatoms. The number of hydrogen-bond donors (Lipinski definition) is 3. The van der Waals surface area contributed by atoms with Gasteiger partial charge in [0, 0.05) is 24.5 Å². The molecule has 1 fully saturated rings. The van der Waals surface area contributed by atoms with E-state index in [0.29, 0.717) is 41.0 Å². The lowest BCUT2D eigenvalue weighted by Gasteiger charge is -2.35. The third-order valence-electron chi connectivity index (χ3n) is 6.79. The van der Waals surface area contributed by atoms with E-state index >= 15 is 0 Å². The number of carbonyl (C=O) groups excluding carboxylic acids is 2. The van der Waals surface area contributed by atoms with Crippen molar-refractivity contribution in [1.29, 1.82) is 0 Å². The fraction of sp³-hybridized carbons (Fsp3) is 0.414. The summed E-state index contributed by atoms with van der Waals surface area (Å²) in [6.07, 6.45) is -0.0409. The van der Waals surface area contributed by atoms with Crippen LogP contribution in [0.4, 0.5) is 5.69 Å². The van der Waals surface area contributed by atoms with Crippen molar-refractivity contribution in [3.63, 3.8) is 0 Å². The van der Waals surface area contributed by atoms with Crippen molar-refractivity contribution in [1.82, 2.24) is 15.5 Å². The van der Waals surface area contributed by atoms with Crippen molar-refractivity contribution in [3.8, 4) is 11.5 Å². The smallest absolute Gasteiger partial charge is 0.260 e. The maximum atomic E-state index is 13.5. The Morgan fingerprint density at radius 1 is 1.08 bits per heavy atom. The lowest BCUT2D eigenvalue weighted by Crippen LogP contribution is -2.49. The maximum Gasteiger partial charge on any atom is 0.260 e. The van der Waals surface area contributed by atoms with E-state index in [4.69, 9.17) is 26.4 Å². The Hall–Kier alpha value is -3.63. The van der Waals surface area contributed by atoms with E-state index < -0.39 is 6.04 Å². The van der Waals surface area contributed by atoms with Crippen LogP contribution < -0.4 is 25.4 Å². The molecule has 0 bridgehead atoms. The van der Waals surface area contributed by atoms with Gasteiger partial charge in [-0.1, -0.05) is 23.8 Å². The predicted molar refractivity (Wildman–Crippen MR) is 154 cm³/mol. The van der Waals surface area contributed by atoms with E-state index in [1.165, 1.54) is 7.11 Å². The van der Waals surface area contributed by atoms with E-state index in [1.54, 1.807) is 17.0 Å². The van der Waals surface area contributed by atoms with Crippen LogP contribution >= 0.6 is 12.2 Å². The van der Waals surface area contributed by atoms with Gasteiger partial charge in [0.2, 0.25) is 0 Å². The van der Waals surface area contributed by atoms with Gasteiger partial charge in [0.25, 0.3) is 11.8 Å². The van der Waals surface area contributed by atoms with E-state index in [1.807, 2.05) is 58.9 Å². The molecule has 0 aromatic heterocycles. The van der Waals surface area contributed by atoms with Crippen LogP contribution in [-0.4, -0.2) is 60.8 Å². The summed E-state index contributed by atoms with van der Waals surface area (Å²) in [6.45, 7) is 10.6. The third-order valence-corrected chi connectivity index (χ3v) is 7.01. The van der Waals surface area contributed by atoms with Gasteiger partial charge in [-0.2, -0.15) is 0 Å². The van der Waals surface area contributed by atoms with Crippen LogP contribution in [0.25, 0.3) is 0 Å². The second kappa shape index (κ2) is 12.0. The van der Waals surface area contributed by atoms with Crippen molar-refractivity contribution >= 4 is 34.8 Å². The highest BCUT2D eigenvalue weighted by Crippen LogP contribution is 2.35. The monoisotopic (exact) mass is 552 g/mol. The third kappa shape index (κ3) is 6.69. The van der Waals surface area contributed by atoms with Gasteiger partial charge in [0.1, 0.15) is 0 Å². The number of benzene rings is 2. The fourth-order valence-corrected chi connectivity index (χ4v) is 5.25. The first-order chi connectivity index (χ1) is 18.5. The molecule has 1 saturated heterocycles. The second-order valence-corrected chi connectivity index (χ2v) is 10.5. The number of carbonyl (C=O) groups is 2. The van der Waals surface area contributed by atoms with Crippen LogP contribution in [0.3, 0.4) is 0 Å². The zero-order valence-electron chi connectivity index (χ0n) is 23.2. The van der Waals surface area contributed by atoms with Crippen LogP contribution in [-0.2, 0) is 14.3 Å². The minimum atomic E-state index is -0.523. The number of methoxy groups -OCH3 is 1. The Kier molecular flexibility index (Phi) is 8.76. The van der Waals surface area contributed by atoms with Crippen molar-refractivity contribution in [2.75, 3.05) is 32.1 Å². The Labute approximate surface area is 234 Å². The van der Waals surface area contributed by atoms with Gasteiger partial charge in [-0.15, -0.1) is 0 Å². The molecule has 208 valence electrons. The summed E-state index contributed by atoms with van der Waals surface area (Å²) in [7, 11) is 1.54. The molecule has 2 aromatic carbocycles. The minimum absolute atomic E-state index is 0.0205. The number of amides is 2. The number of aryl methyl sites for hydroxylation is 2. The molecule has 0 aliphatic carbocycles. The van der Waals surface area contributed by atoms with Crippen molar-refractivity contribution in [2.45, 2.75) is 52.9 Å². The van der Waals surface area contributed by atoms with Crippen LogP contribution in [0.1, 0.15) is 43.5 Å². The number of allylic oxidation sites excluding steroid dienone is 1. The lowest BCUT2D eigenvalue weighted by atomic mass is 9.94. The Morgan fingerprint density at radius 3 is 2.46 bits per heavy atom. The molecule has 0 saturated carbocycles. The van der Waals surface area contributed by atoms with Crippen molar-refractivity contribution < 1.29 is 23.8 Å².